The summed E-state index contributed by atoms with van der Waals surface area (Å²) in [7, 11) is 0. The molecule has 1 unspecified atom stereocenters. The summed E-state index contributed by atoms with van der Waals surface area (Å²) in [5.41, 5.74) is 2.20. The number of amides is 2. The van der Waals surface area contributed by atoms with Crippen molar-refractivity contribution in [3.63, 3.8) is 0 Å². The number of nitrogens with one attached hydrogen (secondary N) is 1. The largest absolute Gasteiger partial charge is 0.334 e. The Labute approximate surface area is 142 Å². The fourth-order valence-electron chi connectivity index (χ4n) is 3.22. The van der Waals surface area contributed by atoms with E-state index in [9.17, 15) is 9.18 Å². The van der Waals surface area contributed by atoms with Crippen LogP contribution in [0.4, 0.5) is 9.18 Å². The first kappa shape index (κ1) is 16.5. The molecular formula is C20H23FN2O. The molecule has 1 fully saturated rings. The zero-order valence-electron chi connectivity index (χ0n) is 13.7. The van der Waals surface area contributed by atoms with Crippen LogP contribution in [-0.4, -0.2) is 24.0 Å². The summed E-state index contributed by atoms with van der Waals surface area (Å²) >= 11 is 0. The van der Waals surface area contributed by atoms with Gasteiger partial charge in [0.05, 0.1) is 0 Å². The van der Waals surface area contributed by atoms with E-state index < -0.39 is 0 Å². The maximum absolute atomic E-state index is 12.9. The normalized spacial score (nSPS) is 18.0. The number of urea groups is 1. The van der Waals surface area contributed by atoms with E-state index in [0.717, 1.165) is 37.9 Å². The lowest BCUT2D eigenvalue weighted by atomic mass is 9.94. The Morgan fingerprint density at radius 1 is 1.08 bits per heavy atom. The van der Waals surface area contributed by atoms with Crippen molar-refractivity contribution in [1.29, 1.82) is 0 Å². The molecule has 0 bridgehead atoms. The minimum atomic E-state index is -0.261. The Bertz CT molecular complexity index is 657. The van der Waals surface area contributed by atoms with Gasteiger partial charge in [0.25, 0.3) is 0 Å². The van der Waals surface area contributed by atoms with E-state index in [4.69, 9.17) is 0 Å². The second-order valence-corrected chi connectivity index (χ2v) is 6.33. The topological polar surface area (TPSA) is 32.3 Å². The first-order chi connectivity index (χ1) is 11.7. The second kappa shape index (κ2) is 7.95. The summed E-state index contributed by atoms with van der Waals surface area (Å²) in [6.45, 7) is 1.96. The van der Waals surface area contributed by atoms with Gasteiger partial charge in [0.2, 0.25) is 0 Å². The van der Waals surface area contributed by atoms with Crippen molar-refractivity contribution in [2.75, 3.05) is 13.1 Å². The van der Waals surface area contributed by atoms with Crippen molar-refractivity contribution < 1.29 is 9.18 Å². The molecule has 0 aromatic heterocycles. The Kier molecular flexibility index (Phi) is 5.47. The van der Waals surface area contributed by atoms with E-state index in [2.05, 4.69) is 29.6 Å². The molecule has 2 aromatic rings. The van der Waals surface area contributed by atoms with Gasteiger partial charge in [-0.3, -0.25) is 0 Å². The highest BCUT2D eigenvalue weighted by Gasteiger charge is 2.22. The van der Waals surface area contributed by atoms with Crippen LogP contribution in [0.2, 0.25) is 0 Å². The van der Waals surface area contributed by atoms with Crippen LogP contribution in [0.1, 0.15) is 36.3 Å². The van der Waals surface area contributed by atoms with Gasteiger partial charge in [-0.2, -0.15) is 0 Å². The van der Waals surface area contributed by atoms with Gasteiger partial charge in [-0.25, -0.2) is 9.18 Å². The minimum absolute atomic E-state index is 0.0397. The highest BCUT2D eigenvalue weighted by Crippen LogP contribution is 2.26. The van der Waals surface area contributed by atoms with Crippen LogP contribution < -0.4 is 5.32 Å². The van der Waals surface area contributed by atoms with Crippen LogP contribution in [0.3, 0.4) is 0 Å². The van der Waals surface area contributed by atoms with Gasteiger partial charge in [-0.1, -0.05) is 48.9 Å². The Morgan fingerprint density at radius 3 is 2.58 bits per heavy atom. The lowest BCUT2D eigenvalue weighted by Gasteiger charge is -2.25. The molecule has 3 rings (SSSR count). The second-order valence-electron chi connectivity index (χ2n) is 6.33. The number of hydrogen-bond donors (Lipinski definition) is 1. The number of likely N-dealkylation sites (tertiary alicyclic amines) is 1. The average Bonchev–Trinajstić information content (AvgIpc) is 2.88. The van der Waals surface area contributed by atoms with Crippen molar-refractivity contribution in [2.45, 2.75) is 31.7 Å². The zero-order chi connectivity index (χ0) is 16.8. The highest BCUT2D eigenvalue weighted by atomic mass is 19.1. The van der Waals surface area contributed by atoms with Gasteiger partial charge in [0.1, 0.15) is 5.82 Å². The van der Waals surface area contributed by atoms with Crippen molar-refractivity contribution in [3.05, 3.63) is 71.5 Å². The van der Waals surface area contributed by atoms with Crippen molar-refractivity contribution in [3.8, 4) is 0 Å². The number of hydrogen-bond acceptors (Lipinski definition) is 1. The third-order valence-corrected chi connectivity index (χ3v) is 4.59. The number of nitrogens with zero attached hydrogens (tertiary/aromatic N) is 1. The zero-order valence-corrected chi connectivity index (χ0v) is 13.7. The average molecular weight is 326 g/mol. The van der Waals surface area contributed by atoms with E-state index in [1.807, 2.05) is 11.0 Å². The fourth-order valence-corrected chi connectivity index (χ4v) is 3.22. The quantitative estimate of drug-likeness (QED) is 0.896. The first-order valence-electron chi connectivity index (χ1n) is 8.54. The van der Waals surface area contributed by atoms with Gasteiger partial charge < -0.3 is 10.2 Å². The van der Waals surface area contributed by atoms with Gasteiger partial charge in [0.15, 0.2) is 0 Å². The van der Waals surface area contributed by atoms with Crippen LogP contribution in [-0.2, 0) is 6.54 Å². The van der Waals surface area contributed by atoms with Gasteiger partial charge >= 0.3 is 6.03 Å². The minimum Gasteiger partial charge on any atom is -0.334 e. The molecule has 4 heteroatoms. The van der Waals surface area contributed by atoms with E-state index in [1.54, 1.807) is 12.1 Å². The molecule has 3 nitrogen and oxygen atoms in total. The number of carbonyl (C=O) groups is 1. The molecule has 1 aliphatic heterocycles. The molecule has 0 radical (unpaired) electrons. The lowest BCUT2D eigenvalue weighted by Crippen LogP contribution is -2.41. The van der Waals surface area contributed by atoms with E-state index in [-0.39, 0.29) is 11.8 Å². The molecule has 0 aliphatic carbocycles. The van der Waals surface area contributed by atoms with Crippen LogP contribution >= 0.6 is 0 Å². The third kappa shape index (κ3) is 4.34. The standard InChI is InChI=1S/C20H23FN2O/c21-19-11-9-16(10-12-19)14-22-20(24)23-13-5-4-8-18(15-23)17-6-2-1-3-7-17/h1-3,6-7,9-12,18H,4-5,8,13-15H2,(H,22,24). The van der Waals surface area contributed by atoms with Gasteiger partial charge in [0, 0.05) is 25.6 Å². The Morgan fingerprint density at radius 2 is 1.83 bits per heavy atom. The molecular weight excluding hydrogens is 303 g/mol. The lowest BCUT2D eigenvalue weighted by molar-refractivity contribution is 0.197. The molecule has 1 heterocycles. The van der Waals surface area contributed by atoms with Gasteiger partial charge in [-0.05, 0) is 36.1 Å². The van der Waals surface area contributed by atoms with Crippen molar-refractivity contribution in [2.24, 2.45) is 0 Å². The van der Waals surface area contributed by atoms with Crippen LogP contribution in [0.5, 0.6) is 0 Å². The number of rotatable bonds is 3. The van der Waals surface area contributed by atoms with Gasteiger partial charge in [-0.15, -0.1) is 0 Å². The first-order valence-corrected chi connectivity index (χ1v) is 8.54. The molecule has 0 saturated carbocycles. The Balaban J connectivity index is 1.59. The smallest absolute Gasteiger partial charge is 0.317 e. The number of benzene rings is 2. The Hall–Kier alpha value is -2.36. The molecule has 24 heavy (non-hydrogen) atoms. The third-order valence-electron chi connectivity index (χ3n) is 4.59. The summed E-state index contributed by atoms with van der Waals surface area (Å²) in [5, 5.41) is 2.95. The van der Waals surface area contributed by atoms with E-state index >= 15 is 0 Å². The monoisotopic (exact) mass is 326 g/mol. The maximum Gasteiger partial charge on any atom is 0.317 e. The summed E-state index contributed by atoms with van der Waals surface area (Å²) in [4.78, 5) is 14.4. The maximum atomic E-state index is 12.9. The highest BCUT2D eigenvalue weighted by molar-refractivity contribution is 5.74. The predicted molar refractivity (Wildman–Crippen MR) is 93.2 cm³/mol. The summed E-state index contributed by atoms with van der Waals surface area (Å²) in [6, 6.07) is 16.6. The molecule has 1 saturated heterocycles. The molecule has 2 amide bonds. The number of carbonyl (C=O) groups excluding carboxylic acids is 1. The van der Waals surface area contributed by atoms with Crippen LogP contribution in [0, 0.1) is 5.82 Å². The van der Waals surface area contributed by atoms with Crippen molar-refractivity contribution in [1.82, 2.24) is 10.2 Å². The predicted octanol–water partition coefficient (Wildman–Crippen LogP) is 4.31. The van der Waals surface area contributed by atoms with Crippen molar-refractivity contribution >= 4 is 6.03 Å². The molecule has 1 aliphatic rings. The SMILES string of the molecule is O=C(NCc1ccc(F)cc1)N1CCCCC(c2ccccc2)C1. The molecule has 126 valence electrons. The summed E-state index contributed by atoms with van der Waals surface area (Å²) in [6.07, 6.45) is 3.29. The summed E-state index contributed by atoms with van der Waals surface area (Å²) in [5.74, 6) is 0.133. The van der Waals surface area contributed by atoms with E-state index in [1.165, 1.54) is 17.7 Å². The molecule has 2 aromatic carbocycles. The molecule has 0 spiro atoms. The van der Waals surface area contributed by atoms with Crippen LogP contribution in [0.25, 0.3) is 0 Å². The molecule has 1 N–H and O–H groups in total. The van der Waals surface area contributed by atoms with Crippen LogP contribution in [0.15, 0.2) is 54.6 Å². The van der Waals surface area contributed by atoms with E-state index in [0.29, 0.717) is 12.5 Å². The summed E-state index contributed by atoms with van der Waals surface area (Å²) < 4.78 is 12.9. The number of halogens is 1. The fraction of sp³-hybridized carbons (Fsp3) is 0.350. The molecule has 1 atom stereocenters.